The molecular formula is C14H16N2O3. The van der Waals surface area contributed by atoms with Crippen molar-refractivity contribution in [3.8, 4) is 0 Å². The zero-order chi connectivity index (χ0) is 13.6. The van der Waals surface area contributed by atoms with Crippen molar-refractivity contribution in [2.45, 2.75) is 32.0 Å². The van der Waals surface area contributed by atoms with E-state index in [2.05, 4.69) is 0 Å². The molecule has 3 rings (SSSR count). The quantitative estimate of drug-likeness (QED) is 0.645. The lowest BCUT2D eigenvalue weighted by molar-refractivity contribution is 0.0282. The Morgan fingerprint density at radius 1 is 1.32 bits per heavy atom. The number of benzene rings is 1. The summed E-state index contributed by atoms with van der Waals surface area (Å²) < 4.78 is 5.67. The van der Waals surface area contributed by atoms with E-state index < -0.39 is 0 Å². The van der Waals surface area contributed by atoms with Gasteiger partial charge in [-0.1, -0.05) is 6.07 Å². The minimum Gasteiger partial charge on any atom is -0.398 e. The fourth-order valence-corrected chi connectivity index (χ4v) is 2.75. The molecule has 1 saturated heterocycles. The van der Waals surface area contributed by atoms with E-state index in [4.69, 9.17) is 10.5 Å². The van der Waals surface area contributed by atoms with E-state index in [0.29, 0.717) is 23.4 Å². The molecule has 2 aliphatic rings. The molecular weight excluding hydrogens is 244 g/mol. The summed E-state index contributed by atoms with van der Waals surface area (Å²) >= 11 is 0. The van der Waals surface area contributed by atoms with E-state index in [1.54, 1.807) is 18.2 Å². The van der Waals surface area contributed by atoms with Crippen LogP contribution in [-0.2, 0) is 4.74 Å². The number of hydrogen-bond acceptors (Lipinski definition) is 4. The monoisotopic (exact) mass is 260 g/mol. The van der Waals surface area contributed by atoms with Crippen molar-refractivity contribution in [1.29, 1.82) is 0 Å². The van der Waals surface area contributed by atoms with Crippen molar-refractivity contribution in [3.05, 3.63) is 29.3 Å². The van der Waals surface area contributed by atoms with E-state index in [9.17, 15) is 9.59 Å². The lowest BCUT2D eigenvalue weighted by Crippen LogP contribution is -2.37. The summed E-state index contributed by atoms with van der Waals surface area (Å²) in [7, 11) is 0. The third-order valence-electron chi connectivity index (χ3n) is 3.74. The molecule has 100 valence electrons. The van der Waals surface area contributed by atoms with Crippen molar-refractivity contribution in [1.82, 2.24) is 4.90 Å². The van der Waals surface area contributed by atoms with E-state index in [1.807, 2.05) is 6.92 Å². The summed E-state index contributed by atoms with van der Waals surface area (Å²) in [5, 5.41) is 0. The minimum atomic E-state index is -0.304. The van der Waals surface area contributed by atoms with Gasteiger partial charge < -0.3 is 10.5 Å². The van der Waals surface area contributed by atoms with Crippen molar-refractivity contribution in [2.75, 3.05) is 12.3 Å². The van der Waals surface area contributed by atoms with Gasteiger partial charge in [-0.25, -0.2) is 0 Å². The average Bonchev–Trinajstić information content (AvgIpc) is 2.88. The Hall–Kier alpha value is -1.88. The van der Waals surface area contributed by atoms with Crippen LogP contribution in [0.15, 0.2) is 18.2 Å². The first-order chi connectivity index (χ1) is 9.08. The average molecular weight is 260 g/mol. The maximum Gasteiger partial charge on any atom is 0.263 e. The van der Waals surface area contributed by atoms with Crippen molar-refractivity contribution < 1.29 is 14.3 Å². The van der Waals surface area contributed by atoms with Crippen LogP contribution in [0, 0.1) is 0 Å². The van der Waals surface area contributed by atoms with Gasteiger partial charge in [-0.2, -0.15) is 0 Å². The second kappa shape index (κ2) is 4.35. The fourth-order valence-electron chi connectivity index (χ4n) is 2.75. The van der Waals surface area contributed by atoms with Gasteiger partial charge in [-0.15, -0.1) is 0 Å². The molecule has 0 spiro atoms. The number of imide groups is 1. The Bertz CT molecular complexity index is 556. The minimum absolute atomic E-state index is 0.0570. The molecule has 2 aliphatic heterocycles. The highest BCUT2D eigenvalue weighted by atomic mass is 16.5. The number of rotatable bonds is 2. The van der Waals surface area contributed by atoms with Crippen LogP contribution < -0.4 is 5.73 Å². The molecule has 1 aromatic carbocycles. The molecule has 2 amide bonds. The van der Waals surface area contributed by atoms with Crippen LogP contribution in [0.25, 0.3) is 0 Å². The molecule has 2 atom stereocenters. The summed E-state index contributed by atoms with van der Waals surface area (Å²) in [5.74, 6) is -0.572. The largest absolute Gasteiger partial charge is 0.398 e. The number of nitrogens with two attached hydrogens (primary N) is 1. The predicted molar refractivity (Wildman–Crippen MR) is 69.8 cm³/mol. The number of nitrogen functional groups attached to an aromatic ring is 1. The molecule has 0 aromatic heterocycles. The first-order valence-corrected chi connectivity index (χ1v) is 6.48. The maximum absolute atomic E-state index is 12.3. The highest BCUT2D eigenvalue weighted by molar-refractivity contribution is 6.23. The summed E-state index contributed by atoms with van der Waals surface area (Å²) in [6.45, 7) is 2.32. The van der Waals surface area contributed by atoms with Gasteiger partial charge in [0.1, 0.15) is 0 Å². The third-order valence-corrected chi connectivity index (χ3v) is 3.74. The SMILES string of the molecule is CC1CCC(CN2C(=O)c3cccc(N)c3C2=O)O1. The summed E-state index contributed by atoms with van der Waals surface area (Å²) in [6.07, 6.45) is 1.99. The maximum atomic E-state index is 12.3. The van der Waals surface area contributed by atoms with Gasteiger partial charge in [0.15, 0.2) is 0 Å². The number of anilines is 1. The Morgan fingerprint density at radius 3 is 2.74 bits per heavy atom. The second-order valence-corrected chi connectivity index (χ2v) is 5.14. The molecule has 1 aromatic rings. The summed E-state index contributed by atoms with van der Waals surface area (Å²) in [6, 6.07) is 4.97. The molecule has 0 aliphatic carbocycles. The first kappa shape index (κ1) is 12.2. The van der Waals surface area contributed by atoms with Gasteiger partial charge in [0, 0.05) is 5.69 Å². The van der Waals surface area contributed by atoms with Gasteiger partial charge in [0.05, 0.1) is 29.9 Å². The van der Waals surface area contributed by atoms with Gasteiger partial charge >= 0.3 is 0 Å². The molecule has 2 N–H and O–H groups in total. The summed E-state index contributed by atoms with van der Waals surface area (Å²) in [4.78, 5) is 25.7. The Balaban J connectivity index is 1.84. The van der Waals surface area contributed by atoms with Crippen molar-refractivity contribution >= 4 is 17.5 Å². The number of nitrogens with zero attached hydrogens (tertiary/aromatic N) is 1. The van der Waals surface area contributed by atoms with Crippen LogP contribution in [0.1, 0.15) is 40.5 Å². The first-order valence-electron chi connectivity index (χ1n) is 6.48. The zero-order valence-electron chi connectivity index (χ0n) is 10.8. The van der Waals surface area contributed by atoms with Crippen molar-refractivity contribution in [3.63, 3.8) is 0 Å². The number of carbonyl (C=O) groups excluding carboxylic acids is 2. The van der Waals surface area contributed by atoms with Gasteiger partial charge in [0.2, 0.25) is 0 Å². The fraction of sp³-hybridized carbons (Fsp3) is 0.429. The third kappa shape index (κ3) is 1.90. The lowest BCUT2D eigenvalue weighted by Gasteiger charge is -2.18. The lowest BCUT2D eigenvalue weighted by atomic mass is 10.1. The molecule has 0 bridgehead atoms. The van der Waals surface area contributed by atoms with Crippen LogP contribution in [0.2, 0.25) is 0 Å². The smallest absolute Gasteiger partial charge is 0.263 e. The van der Waals surface area contributed by atoms with Gasteiger partial charge in [-0.05, 0) is 31.9 Å². The highest BCUT2D eigenvalue weighted by Crippen LogP contribution is 2.29. The number of amides is 2. The molecule has 2 unspecified atom stereocenters. The molecule has 0 saturated carbocycles. The van der Waals surface area contributed by atoms with Gasteiger partial charge in [0.25, 0.3) is 11.8 Å². The number of carbonyl (C=O) groups is 2. The Morgan fingerprint density at radius 2 is 2.11 bits per heavy atom. The van der Waals surface area contributed by atoms with Crippen LogP contribution in [-0.4, -0.2) is 35.5 Å². The van der Waals surface area contributed by atoms with E-state index in [-0.39, 0.29) is 24.0 Å². The normalized spacial score (nSPS) is 26.1. The predicted octanol–water partition coefficient (Wildman–Crippen LogP) is 1.43. The summed E-state index contributed by atoms with van der Waals surface area (Å²) in [5.41, 5.74) is 6.88. The van der Waals surface area contributed by atoms with Crippen LogP contribution in [0.5, 0.6) is 0 Å². The topological polar surface area (TPSA) is 72.6 Å². The standard InChI is InChI=1S/C14H16N2O3/c1-8-5-6-9(19-8)7-16-13(17)10-3-2-4-11(15)12(10)14(16)18/h2-4,8-9H,5-7,15H2,1H3. The number of ether oxygens (including phenoxy) is 1. The van der Waals surface area contributed by atoms with Crippen molar-refractivity contribution in [2.24, 2.45) is 0 Å². The molecule has 1 fully saturated rings. The second-order valence-electron chi connectivity index (χ2n) is 5.14. The van der Waals surface area contributed by atoms with Gasteiger partial charge in [-0.3, -0.25) is 14.5 Å². The number of hydrogen-bond donors (Lipinski definition) is 1. The molecule has 5 nitrogen and oxygen atoms in total. The molecule has 19 heavy (non-hydrogen) atoms. The zero-order valence-corrected chi connectivity index (χ0v) is 10.8. The molecule has 0 radical (unpaired) electrons. The highest BCUT2D eigenvalue weighted by Gasteiger charge is 2.39. The Kier molecular flexibility index (Phi) is 2.78. The number of fused-ring (bicyclic) bond motifs is 1. The van der Waals surface area contributed by atoms with E-state index in [1.165, 1.54) is 4.90 Å². The van der Waals surface area contributed by atoms with Crippen LogP contribution in [0.3, 0.4) is 0 Å². The van der Waals surface area contributed by atoms with E-state index >= 15 is 0 Å². The Labute approximate surface area is 111 Å². The molecule has 5 heteroatoms. The van der Waals surface area contributed by atoms with E-state index in [0.717, 1.165) is 12.8 Å². The van der Waals surface area contributed by atoms with Crippen LogP contribution in [0.4, 0.5) is 5.69 Å². The van der Waals surface area contributed by atoms with Crippen LogP contribution >= 0.6 is 0 Å². The molecule has 2 heterocycles.